The van der Waals surface area contributed by atoms with Crippen molar-refractivity contribution in [3.8, 4) is 0 Å². The number of hydrogen-bond acceptors (Lipinski definition) is 3. The molecule has 92 valence electrons. The first kappa shape index (κ1) is 10.0. The van der Waals surface area contributed by atoms with Gasteiger partial charge in [-0.25, -0.2) is 4.68 Å². The average Bonchev–Trinajstić information content (AvgIpc) is 2.79. The van der Waals surface area contributed by atoms with E-state index in [1.165, 1.54) is 38.5 Å². The van der Waals surface area contributed by atoms with E-state index < -0.39 is 0 Å². The Bertz CT molecular complexity index is 376. The number of aromatic nitrogens is 4. The Labute approximate surface area is 102 Å². The smallest absolute Gasteiger partial charge is 0.138 e. The fraction of sp³-hybridized carbons (Fsp3) is 0.923. The molecule has 1 aromatic rings. The highest BCUT2D eigenvalue weighted by molar-refractivity contribution is 5.04. The normalized spacial score (nSPS) is 45.1. The van der Waals surface area contributed by atoms with Crippen LogP contribution in [0.4, 0.5) is 0 Å². The zero-order valence-corrected chi connectivity index (χ0v) is 10.4. The summed E-state index contributed by atoms with van der Waals surface area (Å²) in [6.07, 6.45) is 10.5. The molecule has 4 nitrogen and oxygen atoms in total. The van der Waals surface area contributed by atoms with E-state index in [-0.39, 0.29) is 0 Å². The van der Waals surface area contributed by atoms with E-state index >= 15 is 0 Å². The van der Waals surface area contributed by atoms with Gasteiger partial charge >= 0.3 is 0 Å². The van der Waals surface area contributed by atoms with Crippen LogP contribution in [-0.4, -0.2) is 20.2 Å². The monoisotopic (exact) mass is 232 g/mol. The van der Waals surface area contributed by atoms with Crippen LogP contribution in [0.2, 0.25) is 0 Å². The summed E-state index contributed by atoms with van der Waals surface area (Å²) in [4.78, 5) is 0. The SMILES string of the molecule is C[C@H](n1cnnn1)C12CC3CC(CC(C3)C1)C2. The van der Waals surface area contributed by atoms with E-state index in [0.29, 0.717) is 11.5 Å². The standard InChI is InChI=1S/C13H20N4/c1-9(17-8-14-15-16-17)13-5-10-2-11(6-13)4-12(3-10)7-13/h8-12H,2-7H2,1H3/t9-,10?,11?,12?,13?/m0/s1. The predicted molar refractivity (Wildman–Crippen MR) is 63.1 cm³/mol. The van der Waals surface area contributed by atoms with Gasteiger partial charge in [0, 0.05) is 0 Å². The van der Waals surface area contributed by atoms with E-state index in [2.05, 4.69) is 22.4 Å². The molecule has 0 aliphatic heterocycles. The van der Waals surface area contributed by atoms with Gasteiger partial charge in [0.15, 0.2) is 0 Å². The van der Waals surface area contributed by atoms with Crippen molar-refractivity contribution in [2.75, 3.05) is 0 Å². The summed E-state index contributed by atoms with van der Waals surface area (Å²) in [5.74, 6) is 3.00. The van der Waals surface area contributed by atoms with E-state index in [4.69, 9.17) is 0 Å². The van der Waals surface area contributed by atoms with Crippen LogP contribution in [0, 0.1) is 23.2 Å². The Morgan fingerprint density at radius 3 is 2.18 bits per heavy atom. The molecule has 4 bridgehead atoms. The Kier molecular flexibility index (Phi) is 1.95. The van der Waals surface area contributed by atoms with Gasteiger partial charge < -0.3 is 0 Å². The molecule has 4 aliphatic rings. The van der Waals surface area contributed by atoms with Gasteiger partial charge in [0.1, 0.15) is 6.33 Å². The highest BCUT2D eigenvalue weighted by atomic mass is 15.5. The summed E-state index contributed by atoms with van der Waals surface area (Å²) in [5, 5.41) is 11.7. The van der Waals surface area contributed by atoms with Crippen molar-refractivity contribution >= 4 is 0 Å². The molecule has 1 aromatic heterocycles. The first-order chi connectivity index (χ1) is 8.25. The molecule has 4 aliphatic carbocycles. The van der Waals surface area contributed by atoms with E-state index in [1.54, 1.807) is 6.33 Å². The second-order valence-corrected chi connectivity index (χ2v) is 6.75. The van der Waals surface area contributed by atoms with Crippen LogP contribution in [0.15, 0.2) is 6.33 Å². The maximum absolute atomic E-state index is 4.13. The first-order valence-corrected chi connectivity index (χ1v) is 6.98. The van der Waals surface area contributed by atoms with Crippen molar-refractivity contribution < 1.29 is 0 Å². The lowest BCUT2D eigenvalue weighted by Crippen LogP contribution is -2.49. The minimum absolute atomic E-state index is 0.478. The Hall–Kier alpha value is -0.930. The van der Waals surface area contributed by atoms with E-state index in [9.17, 15) is 0 Å². The summed E-state index contributed by atoms with van der Waals surface area (Å²) in [7, 11) is 0. The molecule has 4 heteroatoms. The molecule has 0 spiro atoms. The minimum Gasteiger partial charge on any atom is -0.229 e. The third kappa shape index (κ3) is 1.39. The van der Waals surface area contributed by atoms with Crippen LogP contribution >= 0.6 is 0 Å². The number of rotatable bonds is 2. The van der Waals surface area contributed by atoms with Gasteiger partial charge in [-0.2, -0.15) is 0 Å². The summed E-state index contributed by atoms with van der Waals surface area (Å²) in [5.41, 5.74) is 0.504. The topological polar surface area (TPSA) is 43.6 Å². The van der Waals surface area contributed by atoms with Gasteiger partial charge in [-0.15, -0.1) is 5.10 Å². The molecule has 0 unspecified atom stereocenters. The molecule has 0 amide bonds. The maximum atomic E-state index is 4.13. The maximum Gasteiger partial charge on any atom is 0.138 e. The fourth-order valence-electron chi connectivity index (χ4n) is 5.32. The van der Waals surface area contributed by atoms with Crippen molar-refractivity contribution in [2.45, 2.75) is 51.5 Å². The van der Waals surface area contributed by atoms with Crippen LogP contribution in [0.3, 0.4) is 0 Å². The van der Waals surface area contributed by atoms with Gasteiger partial charge in [0.2, 0.25) is 0 Å². The fourth-order valence-corrected chi connectivity index (χ4v) is 5.32. The number of hydrogen-bond donors (Lipinski definition) is 0. The van der Waals surface area contributed by atoms with Gasteiger partial charge in [-0.3, -0.25) is 0 Å². The van der Waals surface area contributed by atoms with Gasteiger partial charge in [0.25, 0.3) is 0 Å². The molecule has 0 saturated heterocycles. The molecular formula is C13H20N4. The summed E-state index contributed by atoms with van der Waals surface area (Å²) >= 11 is 0. The molecule has 5 rings (SSSR count). The van der Waals surface area contributed by atoms with Gasteiger partial charge in [-0.1, -0.05) is 0 Å². The number of nitrogens with zero attached hydrogens (tertiary/aromatic N) is 4. The number of tetrazole rings is 1. The van der Waals surface area contributed by atoms with Crippen molar-refractivity contribution in [3.63, 3.8) is 0 Å². The zero-order chi connectivity index (χ0) is 11.5. The molecule has 0 aromatic carbocycles. The van der Waals surface area contributed by atoms with Gasteiger partial charge in [0.05, 0.1) is 6.04 Å². The highest BCUT2D eigenvalue weighted by Gasteiger charge is 2.53. The molecule has 0 N–H and O–H groups in total. The van der Waals surface area contributed by atoms with E-state index in [0.717, 1.165) is 17.8 Å². The lowest BCUT2D eigenvalue weighted by atomic mass is 9.48. The lowest BCUT2D eigenvalue weighted by molar-refractivity contribution is -0.0813. The molecule has 1 heterocycles. The first-order valence-electron chi connectivity index (χ1n) is 6.98. The Morgan fingerprint density at radius 1 is 1.12 bits per heavy atom. The van der Waals surface area contributed by atoms with Crippen LogP contribution in [0.5, 0.6) is 0 Å². The molecular weight excluding hydrogens is 212 g/mol. The molecule has 4 fully saturated rings. The molecule has 0 radical (unpaired) electrons. The minimum atomic E-state index is 0.478. The van der Waals surface area contributed by atoms with Crippen LogP contribution in [0.1, 0.15) is 51.5 Å². The van der Waals surface area contributed by atoms with Crippen molar-refractivity contribution in [1.29, 1.82) is 0 Å². The van der Waals surface area contributed by atoms with Crippen molar-refractivity contribution in [2.24, 2.45) is 23.2 Å². The van der Waals surface area contributed by atoms with Crippen molar-refractivity contribution in [1.82, 2.24) is 20.2 Å². The molecule has 17 heavy (non-hydrogen) atoms. The third-order valence-corrected chi connectivity index (χ3v) is 5.73. The summed E-state index contributed by atoms with van der Waals surface area (Å²) in [6, 6.07) is 0.478. The quantitative estimate of drug-likeness (QED) is 0.786. The molecule has 4 saturated carbocycles. The lowest BCUT2D eigenvalue weighted by Gasteiger charge is -2.58. The molecule has 1 atom stereocenters. The zero-order valence-electron chi connectivity index (χ0n) is 10.4. The summed E-state index contributed by atoms with van der Waals surface area (Å²) in [6.45, 7) is 2.32. The van der Waals surface area contributed by atoms with E-state index in [1.807, 2.05) is 4.68 Å². The van der Waals surface area contributed by atoms with Crippen molar-refractivity contribution in [3.05, 3.63) is 6.33 Å². The largest absolute Gasteiger partial charge is 0.229 e. The average molecular weight is 232 g/mol. The Balaban J connectivity index is 1.68. The van der Waals surface area contributed by atoms with Gasteiger partial charge in [-0.05, 0) is 79.0 Å². The van der Waals surface area contributed by atoms with Crippen LogP contribution in [-0.2, 0) is 0 Å². The highest BCUT2D eigenvalue weighted by Crippen LogP contribution is 2.63. The second kappa shape index (κ2) is 3.30. The third-order valence-electron chi connectivity index (χ3n) is 5.73. The Morgan fingerprint density at radius 2 is 1.71 bits per heavy atom. The summed E-state index contributed by atoms with van der Waals surface area (Å²) < 4.78 is 1.99. The van der Waals surface area contributed by atoms with Crippen LogP contribution in [0.25, 0.3) is 0 Å². The van der Waals surface area contributed by atoms with Crippen LogP contribution < -0.4 is 0 Å². The second-order valence-electron chi connectivity index (χ2n) is 6.75. The predicted octanol–water partition coefficient (Wildman–Crippen LogP) is 2.45.